The van der Waals surface area contributed by atoms with Gasteiger partial charge in [0.1, 0.15) is 6.61 Å². The fourth-order valence-electron chi connectivity index (χ4n) is 1.45. The quantitative estimate of drug-likeness (QED) is 0.283. The molecule has 0 amide bonds. The smallest absolute Gasteiger partial charge is 0.329 e. The minimum absolute atomic E-state index is 0.262. The van der Waals surface area contributed by atoms with E-state index in [4.69, 9.17) is 33.2 Å². The molecule has 0 aromatic heterocycles. The molecule has 0 saturated carbocycles. The van der Waals surface area contributed by atoms with Crippen molar-refractivity contribution in [3.8, 4) is 0 Å². The second-order valence-electron chi connectivity index (χ2n) is 5.86. The standard InChI is InChI=1S/C15H32O8Si/c1-24(2,3)23-13-12-21-9-8-19-5-4-18-6-7-20-10-11-22-14-15(16)17/h4-14H2,1-3H3,(H,16,17). The van der Waals surface area contributed by atoms with Gasteiger partial charge in [-0.15, -0.1) is 0 Å². The molecule has 0 spiro atoms. The van der Waals surface area contributed by atoms with Crippen molar-refractivity contribution in [1.29, 1.82) is 0 Å². The Morgan fingerprint density at radius 2 is 1.00 bits per heavy atom. The topological polar surface area (TPSA) is 92.7 Å². The van der Waals surface area contributed by atoms with Crippen molar-refractivity contribution < 1.29 is 38.0 Å². The molecule has 0 aliphatic rings. The molecular weight excluding hydrogens is 336 g/mol. The van der Waals surface area contributed by atoms with Gasteiger partial charge >= 0.3 is 5.97 Å². The molecular formula is C15H32O8Si. The summed E-state index contributed by atoms with van der Waals surface area (Å²) in [7, 11) is -1.44. The Balaban J connectivity index is 3.04. The van der Waals surface area contributed by atoms with Crippen LogP contribution in [-0.4, -0.2) is 92.1 Å². The molecule has 0 radical (unpaired) electrons. The summed E-state index contributed by atoms with van der Waals surface area (Å²) >= 11 is 0. The number of carboxylic acid groups (broad SMARTS) is 1. The van der Waals surface area contributed by atoms with Crippen molar-refractivity contribution in [3.63, 3.8) is 0 Å². The van der Waals surface area contributed by atoms with E-state index in [0.717, 1.165) is 0 Å². The van der Waals surface area contributed by atoms with Gasteiger partial charge in [0.2, 0.25) is 0 Å². The zero-order valence-electron chi connectivity index (χ0n) is 15.1. The first-order chi connectivity index (χ1) is 11.4. The van der Waals surface area contributed by atoms with Crippen LogP contribution in [0.3, 0.4) is 0 Å². The number of ether oxygens (including phenoxy) is 5. The maximum atomic E-state index is 10.2. The molecule has 0 rings (SSSR count). The molecule has 0 fully saturated rings. The van der Waals surface area contributed by atoms with Crippen LogP contribution in [0, 0.1) is 0 Å². The SMILES string of the molecule is C[Si](C)(C)OCCOCCOCCOCCOCCOCC(=O)O. The summed E-state index contributed by atoms with van der Waals surface area (Å²) in [6, 6.07) is 0. The first-order valence-electron chi connectivity index (χ1n) is 8.16. The van der Waals surface area contributed by atoms with Crippen molar-refractivity contribution in [3.05, 3.63) is 0 Å². The Bertz CT molecular complexity index is 296. The molecule has 0 aromatic rings. The fourth-order valence-corrected chi connectivity index (χ4v) is 2.14. The molecule has 0 heterocycles. The number of hydrogen-bond donors (Lipinski definition) is 1. The highest BCUT2D eigenvalue weighted by molar-refractivity contribution is 6.69. The number of carboxylic acids is 1. The highest BCUT2D eigenvalue weighted by Crippen LogP contribution is 2.01. The number of carbonyl (C=O) groups is 1. The lowest BCUT2D eigenvalue weighted by Crippen LogP contribution is -2.27. The first kappa shape index (κ1) is 23.4. The van der Waals surface area contributed by atoms with E-state index in [0.29, 0.717) is 59.5 Å². The molecule has 0 aliphatic heterocycles. The zero-order valence-corrected chi connectivity index (χ0v) is 16.1. The van der Waals surface area contributed by atoms with Crippen LogP contribution in [0.2, 0.25) is 19.6 Å². The van der Waals surface area contributed by atoms with Gasteiger partial charge in [-0.05, 0) is 19.6 Å². The molecule has 0 unspecified atom stereocenters. The van der Waals surface area contributed by atoms with Gasteiger partial charge in [-0.25, -0.2) is 4.79 Å². The van der Waals surface area contributed by atoms with Crippen molar-refractivity contribution in [2.24, 2.45) is 0 Å². The van der Waals surface area contributed by atoms with E-state index >= 15 is 0 Å². The zero-order chi connectivity index (χ0) is 18.1. The van der Waals surface area contributed by atoms with Crippen LogP contribution in [0.5, 0.6) is 0 Å². The summed E-state index contributed by atoms with van der Waals surface area (Å²) in [6.07, 6.45) is 0. The largest absolute Gasteiger partial charge is 0.480 e. The predicted molar refractivity (Wildman–Crippen MR) is 91.0 cm³/mol. The molecule has 0 bridgehead atoms. The van der Waals surface area contributed by atoms with Crippen LogP contribution >= 0.6 is 0 Å². The van der Waals surface area contributed by atoms with Gasteiger partial charge < -0.3 is 33.2 Å². The van der Waals surface area contributed by atoms with E-state index in [1.165, 1.54) is 0 Å². The molecule has 0 atom stereocenters. The lowest BCUT2D eigenvalue weighted by molar-refractivity contribution is -0.142. The van der Waals surface area contributed by atoms with E-state index in [9.17, 15) is 4.79 Å². The van der Waals surface area contributed by atoms with Crippen LogP contribution in [0.25, 0.3) is 0 Å². The van der Waals surface area contributed by atoms with Crippen molar-refractivity contribution in [2.75, 3.05) is 72.7 Å². The third-order valence-electron chi connectivity index (χ3n) is 2.48. The van der Waals surface area contributed by atoms with Gasteiger partial charge in [-0.1, -0.05) is 0 Å². The highest BCUT2D eigenvalue weighted by Gasteiger charge is 2.12. The van der Waals surface area contributed by atoms with Crippen molar-refractivity contribution in [2.45, 2.75) is 19.6 Å². The number of rotatable bonds is 18. The molecule has 0 aliphatic carbocycles. The Labute approximate surface area is 145 Å². The van der Waals surface area contributed by atoms with E-state index in [2.05, 4.69) is 19.6 Å². The van der Waals surface area contributed by atoms with Gasteiger partial charge in [0.25, 0.3) is 0 Å². The van der Waals surface area contributed by atoms with Crippen LogP contribution < -0.4 is 0 Å². The summed E-state index contributed by atoms with van der Waals surface area (Å²) in [5.74, 6) is -0.983. The second-order valence-corrected chi connectivity index (χ2v) is 10.4. The van der Waals surface area contributed by atoms with Gasteiger partial charge in [-0.3, -0.25) is 0 Å². The molecule has 0 saturated heterocycles. The van der Waals surface area contributed by atoms with Crippen LogP contribution in [0.4, 0.5) is 0 Å². The Hall–Kier alpha value is -0.553. The molecule has 0 aromatic carbocycles. The predicted octanol–water partition coefficient (Wildman–Crippen LogP) is 1.01. The van der Waals surface area contributed by atoms with E-state index in [1.54, 1.807) is 0 Å². The second kappa shape index (κ2) is 15.9. The summed E-state index contributed by atoms with van der Waals surface area (Å²) in [5.41, 5.74) is 0. The van der Waals surface area contributed by atoms with E-state index < -0.39 is 14.3 Å². The van der Waals surface area contributed by atoms with Crippen LogP contribution in [0.15, 0.2) is 0 Å². The summed E-state index contributed by atoms with van der Waals surface area (Å²) in [6.45, 7) is 11.0. The Morgan fingerprint density at radius 1 is 0.667 bits per heavy atom. The molecule has 8 nitrogen and oxygen atoms in total. The van der Waals surface area contributed by atoms with Crippen LogP contribution in [0.1, 0.15) is 0 Å². The first-order valence-corrected chi connectivity index (χ1v) is 11.6. The van der Waals surface area contributed by atoms with Gasteiger partial charge in [0.15, 0.2) is 8.32 Å². The summed E-state index contributed by atoms with van der Waals surface area (Å²) in [5, 5.41) is 8.35. The average molecular weight is 368 g/mol. The van der Waals surface area contributed by atoms with Crippen molar-refractivity contribution in [1.82, 2.24) is 0 Å². The molecule has 9 heteroatoms. The maximum absolute atomic E-state index is 10.2. The minimum Gasteiger partial charge on any atom is -0.480 e. The van der Waals surface area contributed by atoms with E-state index in [-0.39, 0.29) is 13.2 Å². The summed E-state index contributed by atoms with van der Waals surface area (Å²) < 4.78 is 31.8. The third kappa shape index (κ3) is 21.4. The maximum Gasteiger partial charge on any atom is 0.329 e. The Kier molecular flexibility index (Phi) is 15.6. The fraction of sp³-hybridized carbons (Fsp3) is 0.933. The summed E-state index contributed by atoms with van der Waals surface area (Å²) in [4.78, 5) is 10.2. The number of hydrogen-bond acceptors (Lipinski definition) is 7. The average Bonchev–Trinajstić information content (AvgIpc) is 2.49. The Morgan fingerprint density at radius 3 is 1.33 bits per heavy atom. The van der Waals surface area contributed by atoms with Crippen molar-refractivity contribution >= 4 is 14.3 Å². The molecule has 144 valence electrons. The van der Waals surface area contributed by atoms with Gasteiger partial charge in [0.05, 0.1) is 66.1 Å². The lowest BCUT2D eigenvalue weighted by atomic mass is 10.7. The minimum atomic E-state index is -1.44. The highest BCUT2D eigenvalue weighted by atomic mass is 28.4. The normalized spacial score (nSPS) is 11.8. The van der Waals surface area contributed by atoms with Gasteiger partial charge in [-0.2, -0.15) is 0 Å². The van der Waals surface area contributed by atoms with E-state index in [1.807, 2.05) is 0 Å². The monoisotopic (exact) mass is 368 g/mol. The van der Waals surface area contributed by atoms with Gasteiger partial charge in [0, 0.05) is 0 Å². The molecule has 24 heavy (non-hydrogen) atoms. The third-order valence-corrected chi connectivity index (χ3v) is 3.55. The lowest BCUT2D eigenvalue weighted by Gasteiger charge is -2.16. The molecule has 1 N–H and O–H groups in total. The van der Waals surface area contributed by atoms with Crippen LogP contribution in [-0.2, 0) is 32.9 Å². The number of aliphatic carboxylic acids is 1.